The first-order chi connectivity index (χ1) is 7.82. The third kappa shape index (κ3) is 2.90. The van der Waals surface area contributed by atoms with E-state index in [4.69, 9.17) is 32.7 Å². The summed E-state index contributed by atoms with van der Waals surface area (Å²) in [6, 6.07) is 2.48. The van der Waals surface area contributed by atoms with Crippen LogP contribution in [0.15, 0.2) is 12.1 Å². The van der Waals surface area contributed by atoms with Gasteiger partial charge in [-0.05, 0) is 12.1 Å². The van der Waals surface area contributed by atoms with Crippen LogP contribution in [0.1, 0.15) is 10.9 Å². The van der Waals surface area contributed by atoms with Crippen LogP contribution >= 0.6 is 23.2 Å². The van der Waals surface area contributed by atoms with Crippen molar-refractivity contribution in [2.45, 2.75) is 11.6 Å². The van der Waals surface area contributed by atoms with Gasteiger partial charge in [0.2, 0.25) is 0 Å². The number of alkyl halides is 4. The van der Waals surface area contributed by atoms with Crippen LogP contribution in [0.25, 0.3) is 0 Å². The van der Waals surface area contributed by atoms with Crippen LogP contribution in [-0.2, 0) is 0 Å². The average molecular weight is 289 g/mol. The minimum atomic E-state index is -4.58. The maximum atomic E-state index is 12.5. The fourth-order valence-corrected chi connectivity index (χ4v) is 1.79. The largest absolute Gasteiger partial charge is 0.495 e. The molecule has 1 aromatic carbocycles. The van der Waals surface area contributed by atoms with Crippen molar-refractivity contribution in [1.29, 1.82) is 0 Å². The third-order valence-electron chi connectivity index (χ3n) is 2.08. The van der Waals surface area contributed by atoms with E-state index in [1.54, 1.807) is 0 Å². The second-order valence-corrected chi connectivity index (χ2v) is 3.92. The molecule has 0 amide bonds. The van der Waals surface area contributed by atoms with E-state index in [2.05, 4.69) is 0 Å². The smallest absolute Gasteiger partial charge is 0.409 e. The molecule has 0 aromatic heterocycles. The van der Waals surface area contributed by atoms with Crippen molar-refractivity contribution < 1.29 is 22.6 Å². The first-order valence-corrected chi connectivity index (χ1v) is 5.25. The van der Waals surface area contributed by atoms with Crippen molar-refractivity contribution in [2.24, 2.45) is 0 Å². The van der Waals surface area contributed by atoms with Crippen LogP contribution in [0.2, 0.25) is 5.02 Å². The zero-order valence-electron chi connectivity index (χ0n) is 8.94. The predicted octanol–water partition coefficient (Wildman–Crippen LogP) is 4.20. The molecule has 0 fully saturated rings. The number of halogens is 5. The molecule has 0 N–H and O–H groups in total. The summed E-state index contributed by atoms with van der Waals surface area (Å²) < 4.78 is 47.2. The summed E-state index contributed by atoms with van der Waals surface area (Å²) in [6.07, 6.45) is -4.58. The lowest BCUT2D eigenvalue weighted by atomic mass is 10.1. The van der Waals surface area contributed by atoms with Gasteiger partial charge in [0, 0.05) is 5.56 Å². The second-order valence-electron chi connectivity index (χ2n) is 3.11. The van der Waals surface area contributed by atoms with Crippen molar-refractivity contribution in [3.8, 4) is 11.5 Å². The Bertz CT molecular complexity index is 407. The minimum absolute atomic E-state index is 0.0394. The maximum absolute atomic E-state index is 12.5. The van der Waals surface area contributed by atoms with Crippen molar-refractivity contribution in [2.75, 3.05) is 14.2 Å². The molecule has 0 saturated carbocycles. The molecule has 0 radical (unpaired) electrons. The van der Waals surface area contributed by atoms with Crippen molar-refractivity contribution >= 4 is 23.2 Å². The molecule has 1 rings (SSSR count). The van der Waals surface area contributed by atoms with Gasteiger partial charge in [0.1, 0.15) is 16.5 Å². The quantitative estimate of drug-likeness (QED) is 0.776. The van der Waals surface area contributed by atoms with E-state index < -0.39 is 11.6 Å². The van der Waals surface area contributed by atoms with Gasteiger partial charge in [-0.3, -0.25) is 0 Å². The molecular weight excluding hydrogens is 280 g/mol. The van der Waals surface area contributed by atoms with Crippen molar-refractivity contribution in [3.05, 3.63) is 22.7 Å². The Kier molecular flexibility index (Phi) is 4.38. The summed E-state index contributed by atoms with van der Waals surface area (Å²) in [5, 5.41) is -2.22. The van der Waals surface area contributed by atoms with Crippen LogP contribution in [0.5, 0.6) is 11.5 Å². The second kappa shape index (κ2) is 5.23. The SMILES string of the molecule is COc1ccc(C(Cl)C(F)(F)F)c(OC)c1Cl. The Morgan fingerprint density at radius 1 is 1.18 bits per heavy atom. The first-order valence-electron chi connectivity index (χ1n) is 4.44. The molecule has 0 aliphatic carbocycles. The van der Waals surface area contributed by atoms with E-state index in [0.717, 1.165) is 0 Å². The van der Waals surface area contributed by atoms with Gasteiger partial charge in [0.15, 0.2) is 5.38 Å². The molecule has 0 aliphatic heterocycles. The molecule has 1 aromatic rings. The van der Waals surface area contributed by atoms with Crippen LogP contribution in [0.4, 0.5) is 13.2 Å². The summed E-state index contributed by atoms with van der Waals surface area (Å²) >= 11 is 11.2. The van der Waals surface area contributed by atoms with Gasteiger partial charge in [-0.25, -0.2) is 0 Å². The monoisotopic (exact) mass is 288 g/mol. The zero-order valence-corrected chi connectivity index (χ0v) is 10.5. The van der Waals surface area contributed by atoms with Crippen molar-refractivity contribution in [1.82, 2.24) is 0 Å². The molecule has 7 heteroatoms. The van der Waals surface area contributed by atoms with E-state index in [1.807, 2.05) is 0 Å². The highest BCUT2D eigenvalue weighted by atomic mass is 35.5. The van der Waals surface area contributed by atoms with Crippen LogP contribution < -0.4 is 9.47 Å². The number of ether oxygens (including phenoxy) is 2. The van der Waals surface area contributed by atoms with Crippen molar-refractivity contribution in [3.63, 3.8) is 0 Å². The third-order valence-corrected chi connectivity index (χ3v) is 2.92. The lowest BCUT2D eigenvalue weighted by Crippen LogP contribution is -2.16. The number of methoxy groups -OCH3 is 2. The predicted molar refractivity (Wildman–Crippen MR) is 59.2 cm³/mol. The molecule has 0 saturated heterocycles. The number of hydrogen-bond acceptors (Lipinski definition) is 2. The lowest BCUT2D eigenvalue weighted by molar-refractivity contribution is -0.132. The van der Waals surface area contributed by atoms with E-state index in [9.17, 15) is 13.2 Å². The lowest BCUT2D eigenvalue weighted by Gasteiger charge is -2.18. The van der Waals surface area contributed by atoms with Gasteiger partial charge in [-0.2, -0.15) is 13.2 Å². The fraction of sp³-hybridized carbons (Fsp3) is 0.400. The number of benzene rings is 1. The Hall–Kier alpha value is -0.810. The van der Waals surface area contributed by atoms with Crippen LogP contribution in [-0.4, -0.2) is 20.4 Å². The van der Waals surface area contributed by atoms with Gasteiger partial charge >= 0.3 is 6.18 Å². The number of hydrogen-bond donors (Lipinski definition) is 0. The highest BCUT2D eigenvalue weighted by molar-refractivity contribution is 6.34. The van der Waals surface area contributed by atoms with E-state index in [0.29, 0.717) is 0 Å². The summed E-state index contributed by atoms with van der Waals surface area (Å²) in [4.78, 5) is 0. The summed E-state index contributed by atoms with van der Waals surface area (Å²) in [7, 11) is 2.56. The molecular formula is C10H9Cl2F3O2. The van der Waals surface area contributed by atoms with Crippen LogP contribution in [0, 0.1) is 0 Å². The molecule has 1 atom stereocenters. The Labute approximate surface area is 106 Å². The van der Waals surface area contributed by atoms with E-state index >= 15 is 0 Å². The average Bonchev–Trinajstić information content (AvgIpc) is 2.26. The Morgan fingerprint density at radius 2 is 1.76 bits per heavy atom. The van der Waals surface area contributed by atoms with E-state index in [1.165, 1.54) is 26.4 Å². The molecule has 0 aliphatic rings. The zero-order chi connectivity index (χ0) is 13.2. The number of rotatable bonds is 3. The fourth-order valence-electron chi connectivity index (χ4n) is 1.29. The molecule has 0 bridgehead atoms. The summed E-state index contributed by atoms with van der Waals surface area (Å²) in [5.41, 5.74) is -0.243. The Balaban J connectivity index is 3.31. The maximum Gasteiger partial charge on any atom is 0.409 e. The van der Waals surface area contributed by atoms with E-state index in [-0.39, 0.29) is 22.1 Å². The summed E-state index contributed by atoms with van der Waals surface area (Å²) in [5.74, 6) is 0.0849. The minimum Gasteiger partial charge on any atom is -0.495 e. The molecule has 0 spiro atoms. The summed E-state index contributed by atoms with van der Waals surface area (Å²) in [6.45, 7) is 0. The van der Waals surface area contributed by atoms with Gasteiger partial charge < -0.3 is 9.47 Å². The molecule has 1 unspecified atom stereocenters. The van der Waals surface area contributed by atoms with Crippen LogP contribution in [0.3, 0.4) is 0 Å². The highest BCUT2D eigenvalue weighted by Crippen LogP contribution is 2.46. The standard InChI is InChI=1S/C10H9Cl2F3O2/c1-16-6-4-3-5(8(17-2)7(6)11)9(12)10(13,14)15/h3-4,9H,1-2H3. The molecule has 96 valence electrons. The first kappa shape index (κ1) is 14.3. The normalized spacial score (nSPS) is 13.4. The Morgan fingerprint density at radius 3 is 2.18 bits per heavy atom. The molecule has 17 heavy (non-hydrogen) atoms. The topological polar surface area (TPSA) is 18.5 Å². The van der Waals surface area contributed by atoms with Gasteiger partial charge in [-0.1, -0.05) is 11.6 Å². The highest BCUT2D eigenvalue weighted by Gasteiger charge is 2.41. The molecule has 2 nitrogen and oxygen atoms in total. The van der Waals surface area contributed by atoms with Gasteiger partial charge in [0.25, 0.3) is 0 Å². The molecule has 0 heterocycles. The van der Waals surface area contributed by atoms with Gasteiger partial charge in [0.05, 0.1) is 14.2 Å². The van der Waals surface area contributed by atoms with Gasteiger partial charge in [-0.15, -0.1) is 11.6 Å².